The Balaban J connectivity index is 0.00000208. The summed E-state index contributed by atoms with van der Waals surface area (Å²) < 4.78 is 5.85. The highest BCUT2D eigenvalue weighted by Gasteiger charge is 2.59. The van der Waals surface area contributed by atoms with Crippen LogP contribution in [0, 0.1) is 11.3 Å². The molecule has 0 bridgehead atoms. The van der Waals surface area contributed by atoms with Gasteiger partial charge in [0.25, 0.3) is 0 Å². The number of fused-ring (bicyclic) bond motifs is 1. The predicted molar refractivity (Wildman–Crippen MR) is 107 cm³/mol. The molecule has 1 aromatic carbocycles. The summed E-state index contributed by atoms with van der Waals surface area (Å²) in [4.78, 5) is 4.67. The highest BCUT2D eigenvalue weighted by molar-refractivity contribution is 14.0. The Morgan fingerprint density at radius 2 is 2.21 bits per heavy atom. The fourth-order valence-corrected chi connectivity index (χ4v) is 3.91. The number of phenols is 1. The van der Waals surface area contributed by atoms with Crippen LogP contribution in [0.25, 0.3) is 0 Å². The van der Waals surface area contributed by atoms with Gasteiger partial charge in [0.15, 0.2) is 5.96 Å². The average Bonchev–Trinajstić information content (AvgIpc) is 2.97. The minimum Gasteiger partial charge on any atom is -0.508 e. The first kappa shape index (κ1) is 19.3. The highest BCUT2D eigenvalue weighted by Crippen LogP contribution is 2.52. The molecule has 3 N–H and O–H groups in total. The number of nitrogens with zero attached hydrogens (tertiary/aromatic N) is 1. The molecule has 1 aromatic rings. The Bertz CT molecular complexity index is 591. The summed E-state index contributed by atoms with van der Waals surface area (Å²) in [5, 5.41) is 16.5. The lowest BCUT2D eigenvalue weighted by atomic mass is 9.57. The summed E-state index contributed by atoms with van der Waals surface area (Å²) in [7, 11) is 0. The van der Waals surface area contributed by atoms with Crippen molar-refractivity contribution in [2.45, 2.75) is 45.9 Å². The maximum atomic E-state index is 9.55. The minimum absolute atomic E-state index is 0. The van der Waals surface area contributed by atoms with Crippen LogP contribution in [0.4, 0.5) is 0 Å². The second-order valence-electron chi connectivity index (χ2n) is 7.05. The monoisotopic (exact) mass is 445 g/mol. The smallest absolute Gasteiger partial charge is 0.191 e. The van der Waals surface area contributed by atoms with Crippen molar-refractivity contribution < 1.29 is 9.84 Å². The summed E-state index contributed by atoms with van der Waals surface area (Å²) in [5.74, 6) is 1.69. The molecule has 2 aliphatic rings. The molecule has 0 spiro atoms. The summed E-state index contributed by atoms with van der Waals surface area (Å²) in [6.07, 6.45) is 1.49. The van der Waals surface area contributed by atoms with Crippen LogP contribution in [-0.2, 0) is 11.3 Å². The van der Waals surface area contributed by atoms with E-state index in [4.69, 9.17) is 4.74 Å². The zero-order valence-corrected chi connectivity index (χ0v) is 16.9. The number of aliphatic imine (C=N–C) groups is 1. The zero-order chi connectivity index (χ0) is 16.4. The minimum atomic E-state index is 0. The normalized spacial score (nSPS) is 27.6. The number of ether oxygens (including phenoxy) is 1. The van der Waals surface area contributed by atoms with Crippen LogP contribution >= 0.6 is 24.0 Å². The molecule has 0 radical (unpaired) electrons. The van der Waals surface area contributed by atoms with Crippen molar-refractivity contribution in [3.63, 3.8) is 0 Å². The molecule has 1 heterocycles. The maximum Gasteiger partial charge on any atom is 0.191 e. The Morgan fingerprint density at radius 1 is 1.42 bits per heavy atom. The molecule has 134 valence electrons. The lowest BCUT2D eigenvalue weighted by molar-refractivity contribution is -0.106. The molecule has 1 saturated heterocycles. The van der Waals surface area contributed by atoms with Gasteiger partial charge in [0, 0.05) is 30.5 Å². The van der Waals surface area contributed by atoms with Gasteiger partial charge < -0.3 is 20.5 Å². The first-order valence-electron chi connectivity index (χ1n) is 8.46. The molecular weight excluding hydrogens is 417 g/mol. The number of phenolic OH excluding ortho intramolecular Hbond substituents is 1. The summed E-state index contributed by atoms with van der Waals surface area (Å²) in [6, 6.07) is 7.63. The van der Waals surface area contributed by atoms with Gasteiger partial charge in [-0.05, 0) is 31.0 Å². The van der Waals surface area contributed by atoms with E-state index in [0.717, 1.165) is 31.1 Å². The molecule has 6 heteroatoms. The van der Waals surface area contributed by atoms with Crippen LogP contribution in [0.3, 0.4) is 0 Å². The first-order valence-corrected chi connectivity index (χ1v) is 8.46. The van der Waals surface area contributed by atoms with E-state index in [9.17, 15) is 5.11 Å². The van der Waals surface area contributed by atoms with Crippen LogP contribution in [0.2, 0.25) is 0 Å². The molecule has 5 nitrogen and oxygen atoms in total. The van der Waals surface area contributed by atoms with Crippen molar-refractivity contribution >= 4 is 29.9 Å². The molecule has 3 rings (SSSR count). The molecule has 1 aliphatic heterocycles. The van der Waals surface area contributed by atoms with E-state index in [1.54, 1.807) is 12.1 Å². The molecule has 3 atom stereocenters. The van der Waals surface area contributed by atoms with Gasteiger partial charge in [-0.15, -0.1) is 24.0 Å². The third-order valence-electron chi connectivity index (χ3n) is 5.07. The van der Waals surface area contributed by atoms with Crippen molar-refractivity contribution in [3.8, 4) is 5.75 Å². The predicted octanol–water partition coefficient (Wildman–Crippen LogP) is 2.88. The number of benzene rings is 1. The second kappa shape index (κ2) is 7.91. The van der Waals surface area contributed by atoms with E-state index in [2.05, 4.69) is 36.4 Å². The fourth-order valence-electron chi connectivity index (χ4n) is 3.91. The van der Waals surface area contributed by atoms with Crippen molar-refractivity contribution in [1.29, 1.82) is 0 Å². The topological polar surface area (TPSA) is 65.9 Å². The van der Waals surface area contributed by atoms with Crippen molar-refractivity contribution in [1.82, 2.24) is 10.6 Å². The van der Waals surface area contributed by atoms with Gasteiger partial charge in [0.2, 0.25) is 0 Å². The number of hydrogen-bond donors (Lipinski definition) is 3. The molecule has 1 aliphatic carbocycles. The molecule has 0 aromatic heterocycles. The molecular formula is C18H28IN3O2. The number of hydrogen-bond acceptors (Lipinski definition) is 3. The largest absolute Gasteiger partial charge is 0.508 e. The molecule has 1 saturated carbocycles. The van der Waals surface area contributed by atoms with E-state index in [0.29, 0.717) is 24.6 Å². The standard InChI is InChI=1S/C18H27N3O2.HI/c1-4-19-17(20-11-12-6-5-7-13(22)10-12)21-15-14-8-9-23-16(14)18(15,2)3;/h5-7,10,14-16,22H,4,8-9,11H2,1-3H3,(H2,19,20,21);1H. The third kappa shape index (κ3) is 3.79. The number of rotatable bonds is 4. The van der Waals surface area contributed by atoms with Gasteiger partial charge in [0.05, 0.1) is 12.6 Å². The van der Waals surface area contributed by atoms with Crippen LogP contribution in [0.1, 0.15) is 32.8 Å². The lowest BCUT2D eigenvalue weighted by Gasteiger charge is -2.54. The van der Waals surface area contributed by atoms with Gasteiger partial charge in [0.1, 0.15) is 5.75 Å². The van der Waals surface area contributed by atoms with Gasteiger partial charge in [-0.1, -0.05) is 26.0 Å². The lowest BCUT2D eigenvalue weighted by Crippen LogP contribution is -2.67. The number of aromatic hydroxyl groups is 1. The third-order valence-corrected chi connectivity index (χ3v) is 5.07. The van der Waals surface area contributed by atoms with Gasteiger partial charge in [-0.25, -0.2) is 4.99 Å². The molecule has 0 amide bonds. The molecule has 2 fully saturated rings. The van der Waals surface area contributed by atoms with Crippen LogP contribution in [0.15, 0.2) is 29.3 Å². The summed E-state index contributed by atoms with van der Waals surface area (Å²) >= 11 is 0. The molecule has 3 unspecified atom stereocenters. The van der Waals surface area contributed by atoms with E-state index in [1.165, 1.54) is 0 Å². The van der Waals surface area contributed by atoms with Gasteiger partial charge in [-0.2, -0.15) is 0 Å². The first-order chi connectivity index (χ1) is 11.0. The quantitative estimate of drug-likeness (QED) is 0.379. The van der Waals surface area contributed by atoms with E-state index >= 15 is 0 Å². The Labute approximate surface area is 161 Å². The Kier molecular flexibility index (Phi) is 6.36. The Hall–Kier alpha value is -1.02. The van der Waals surface area contributed by atoms with Crippen LogP contribution in [0.5, 0.6) is 5.75 Å². The number of guanidine groups is 1. The van der Waals surface area contributed by atoms with Crippen LogP contribution < -0.4 is 10.6 Å². The number of nitrogens with one attached hydrogen (secondary N) is 2. The Morgan fingerprint density at radius 3 is 2.92 bits per heavy atom. The van der Waals surface area contributed by atoms with Crippen molar-refractivity contribution in [2.24, 2.45) is 16.3 Å². The van der Waals surface area contributed by atoms with E-state index in [1.807, 2.05) is 12.1 Å². The van der Waals surface area contributed by atoms with Gasteiger partial charge in [-0.3, -0.25) is 0 Å². The van der Waals surface area contributed by atoms with E-state index in [-0.39, 0.29) is 35.1 Å². The zero-order valence-electron chi connectivity index (χ0n) is 14.6. The summed E-state index contributed by atoms with van der Waals surface area (Å²) in [5.41, 5.74) is 1.12. The average molecular weight is 445 g/mol. The number of halogens is 1. The molecule has 24 heavy (non-hydrogen) atoms. The van der Waals surface area contributed by atoms with E-state index < -0.39 is 0 Å². The second-order valence-corrected chi connectivity index (χ2v) is 7.05. The highest BCUT2D eigenvalue weighted by atomic mass is 127. The maximum absolute atomic E-state index is 9.55. The van der Waals surface area contributed by atoms with Crippen LogP contribution in [-0.4, -0.2) is 36.4 Å². The SMILES string of the molecule is CCNC(=NCc1cccc(O)c1)NC1C2CCOC2C1(C)C.I. The fraction of sp³-hybridized carbons (Fsp3) is 0.611. The van der Waals surface area contributed by atoms with Gasteiger partial charge >= 0.3 is 0 Å². The van der Waals surface area contributed by atoms with Crippen molar-refractivity contribution in [3.05, 3.63) is 29.8 Å². The van der Waals surface area contributed by atoms with Crippen molar-refractivity contribution in [2.75, 3.05) is 13.2 Å². The summed E-state index contributed by atoms with van der Waals surface area (Å²) in [6.45, 7) is 8.82.